The molecule has 28 heavy (non-hydrogen) atoms. The Kier molecular flexibility index (Phi) is 5.73. The Morgan fingerprint density at radius 2 is 1.89 bits per heavy atom. The second-order valence-electron chi connectivity index (χ2n) is 7.34. The van der Waals surface area contributed by atoms with Crippen LogP contribution in [0.25, 0.3) is 11.1 Å². The van der Waals surface area contributed by atoms with Crippen molar-refractivity contribution in [3.63, 3.8) is 0 Å². The van der Waals surface area contributed by atoms with Gasteiger partial charge in [-0.05, 0) is 74.2 Å². The van der Waals surface area contributed by atoms with Gasteiger partial charge in [-0.3, -0.25) is 9.19 Å². The summed E-state index contributed by atoms with van der Waals surface area (Å²) in [5.41, 5.74) is 2.25. The van der Waals surface area contributed by atoms with E-state index in [0.29, 0.717) is 27.7 Å². The van der Waals surface area contributed by atoms with Gasteiger partial charge in [-0.2, -0.15) is 0 Å². The fourth-order valence-corrected chi connectivity index (χ4v) is 4.88. The summed E-state index contributed by atoms with van der Waals surface area (Å²) in [6, 6.07) is 12.0. The van der Waals surface area contributed by atoms with Crippen LogP contribution in [0.15, 0.2) is 56.6 Å². The Labute approximate surface area is 165 Å². The fourth-order valence-electron chi connectivity index (χ4n) is 3.77. The van der Waals surface area contributed by atoms with Gasteiger partial charge in [0.2, 0.25) is 0 Å². The third-order valence-corrected chi connectivity index (χ3v) is 6.73. The molecular weight excluding hydrogens is 379 g/mol. The molecule has 0 spiro atoms. The smallest absolute Gasteiger partial charge is 0.408 e. The summed E-state index contributed by atoms with van der Waals surface area (Å²) in [6.07, 6.45) is 3.19. The van der Waals surface area contributed by atoms with Crippen LogP contribution in [0.4, 0.5) is 4.39 Å². The highest BCUT2D eigenvalue weighted by molar-refractivity contribution is 7.85. The van der Waals surface area contributed by atoms with Crippen molar-refractivity contribution in [3.05, 3.63) is 64.4 Å². The molecule has 1 aliphatic heterocycles. The Hall–Kier alpha value is -2.25. The van der Waals surface area contributed by atoms with Gasteiger partial charge in [-0.1, -0.05) is 12.1 Å². The SMILES string of the molecule is O=c1[nH]c2ccc([S@@](=O)CCN3CCC(Cc4ccc(F)cc4)CC3)cc2o1. The Balaban J connectivity index is 1.25. The maximum absolute atomic E-state index is 13.0. The average Bonchev–Trinajstić information content (AvgIpc) is 3.08. The van der Waals surface area contributed by atoms with Crippen molar-refractivity contribution in [1.29, 1.82) is 0 Å². The number of piperidine rings is 1. The third-order valence-electron chi connectivity index (χ3n) is 5.39. The lowest BCUT2D eigenvalue weighted by Crippen LogP contribution is -2.36. The lowest BCUT2D eigenvalue weighted by atomic mass is 9.90. The number of benzene rings is 2. The number of aromatic nitrogens is 1. The second-order valence-corrected chi connectivity index (χ2v) is 8.91. The predicted octanol–water partition coefficient (Wildman–Crippen LogP) is 3.32. The molecular formula is C21H23FN2O3S. The molecule has 148 valence electrons. The highest BCUT2D eigenvalue weighted by atomic mass is 32.2. The minimum absolute atomic E-state index is 0.190. The molecule has 7 heteroatoms. The standard InChI is InChI=1S/C21H23FN2O3S/c22-17-3-1-15(2-4-17)13-16-7-9-24(10-8-16)11-12-28(26)18-5-6-19-20(14-18)27-21(25)23-19/h1-6,14,16H,7-13H2,(H,23,25)/t28-/m0/s1. The molecule has 2 heterocycles. The monoisotopic (exact) mass is 402 g/mol. The van der Waals surface area contributed by atoms with Crippen molar-refractivity contribution in [2.75, 3.05) is 25.4 Å². The molecule has 0 amide bonds. The first-order chi connectivity index (χ1) is 13.6. The number of aromatic amines is 1. The summed E-state index contributed by atoms with van der Waals surface area (Å²) in [5, 5.41) is 0. The van der Waals surface area contributed by atoms with E-state index >= 15 is 0 Å². The first kappa shape index (κ1) is 19.1. The number of nitrogens with zero attached hydrogens (tertiary/aromatic N) is 1. The van der Waals surface area contributed by atoms with E-state index in [1.54, 1.807) is 18.2 Å². The van der Waals surface area contributed by atoms with Gasteiger partial charge in [-0.15, -0.1) is 0 Å². The molecule has 0 bridgehead atoms. The molecule has 1 aromatic heterocycles. The molecule has 1 saturated heterocycles. The molecule has 0 saturated carbocycles. The summed E-state index contributed by atoms with van der Waals surface area (Å²) >= 11 is 0. The number of hydrogen-bond donors (Lipinski definition) is 1. The molecule has 5 nitrogen and oxygen atoms in total. The largest absolute Gasteiger partial charge is 0.417 e. The van der Waals surface area contributed by atoms with Crippen molar-refractivity contribution in [3.8, 4) is 0 Å². The third kappa shape index (κ3) is 4.59. The number of nitrogens with one attached hydrogen (secondary N) is 1. The molecule has 0 radical (unpaired) electrons. The zero-order valence-electron chi connectivity index (χ0n) is 15.5. The number of oxazole rings is 1. The Morgan fingerprint density at radius 3 is 2.64 bits per heavy atom. The minimum atomic E-state index is -1.13. The number of H-pyrrole nitrogens is 1. The Morgan fingerprint density at radius 1 is 1.14 bits per heavy atom. The highest BCUT2D eigenvalue weighted by Gasteiger charge is 2.20. The van der Waals surface area contributed by atoms with E-state index in [-0.39, 0.29) is 5.82 Å². The average molecular weight is 402 g/mol. The van der Waals surface area contributed by atoms with Crippen molar-refractivity contribution in [2.24, 2.45) is 5.92 Å². The van der Waals surface area contributed by atoms with Crippen LogP contribution >= 0.6 is 0 Å². The summed E-state index contributed by atoms with van der Waals surface area (Å²) in [4.78, 5) is 16.9. The lowest BCUT2D eigenvalue weighted by Gasteiger charge is -2.31. The van der Waals surface area contributed by atoms with Crippen LogP contribution in [0.3, 0.4) is 0 Å². The molecule has 2 aromatic carbocycles. The minimum Gasteiger partial charge on any atom is -0.408 e. The topological polar surface area (TPSA) is 66.3 Å². The predicted molar refractivity (Wildman–Crippen MR) is 107 cm³/mol. The van der Waals surface area contributed by atoms with Gasteiger partial charge in [0.25, 0.3) is 0 Å². The number of rotatable bonds is 6. The highest BCUT2D eigenvalue weighted by Crippen LogP contribution is 2.22. The molecule has 1 atom stereocenters. The lowest BCUT2D eigenvalue weighted by molar-refractivity contribution is 0.193. The van der Waals surface area contributed by atoms with Gasteiger partial charge in [0, 0.05) is 17.2 Å². The number of likely N-dealkylation sites (tertiary alicyclic amines) is 1. The van der Waals surface area contributed by atoms with Crippen LogP contribution in [0.5, 0.6) is 0 Å². The number of halogens is 1. The fraction of sp³-hybridized carbons (Fsp3) is 0.381. The van der Waals surface area contributed by atoms with E-state index in [2.05, 4.69) is 9.88 Å². The first-order valence-electron chi connectivity index (χ1n) is 9.55. The first-order valence-corrected chi connectivity index (χ1v) is 10.9. The molecule has 3 aromatic rings. The van der Waals surface area contributed by atoms with E-state index in [0.717, 1.165) is 38.9 Å². The van der Waals surface area contributed by atoms with Crippen LogP contribution < -0.4 is 5.76 Å². The molecule has 4 rings (SSSR count). The van der Waals surface area contributed by atoms with E-state index in [4.69, 9.17) is 4.42 Å². The van der Waals surface area contributed by atoms with E-state index < -0.39 is 16.6 Å². The van der Waals surface area contributed by atoms with Gasteiger partial charge in [0.1, 0.15) is 5.82 Å². The summed E-state index contributed by atoms with van der Waals surface area (Å²) < 4.78 is 30.7. The summed E-state index contributed by atoms with van der Waals surface area (Å²) in [7, 11) is -1.13. The molecule has 1 aliphatic rings. The van der Waals surface area contributed by atoms with E-state index in [9.17, 15) is 13.4 Å². The molecule has 0 aliphatic carbocycles. The van der Waals surface area contributed by atoms with Crippen LogP contribution in [-0.4, -0.2) is 39.5 Å². The zero-order chi connectivity index (χ0) is 19.5. The number of fused-ring (bicyclic) bond motifs is 1. The van der Waals surface area contributed by atoms with Crippen molar-refractivity contribution in [1.82, 2.24) is 9.88 Å². The molecule has 1 fully saturated rings. The van der Waals surface area contributed by atoms with Gasteiger partial charge in [0.05, 0.1) is 16.3 Å². The quantitative estimate of drug-likeness (QED) is 0.687. The Bertz CT molecular complexity index is 1020. The summed E-state index contributed by atoms with van der Waals surface area (Å²) in [6.45, 7) is 2.77. The van der Waals surface area contributed by atoms with Crippen LogP contribution in [0.2, 0.25) is 0 Å². The van der Waals surface area contributed by atoms with Crippen molar-refractivity contribution in [2.45, 2.75) is 24.2 Å². The maximum atomic E-state index is 13.0. The van der Waals surface area contributed by atoms with Gasteiger partial charge < -0.3 is 9.32 Å². The van der Waals surface area contributed by atoms with Gasteiger partial charge in [-0.25, -0.2) is 9.18 Å². The normalized spacial score (nSPS) is 17.2. The molecule has 1 N–H and O–H groups in total. The zero-order valence-corrected chi connectivity index (χ0v) is 16.3. The van der Waals surface area contributed by atoms with Crippen LogP contribution in [0.1, 0.15) is 18.4 Å². The molecule has 0 unspecified atom stereocenters. The van der Waals surface area contributed by atoms with Crippen molar-refractivity contribution >= 4 is 21.9 Å². The van der Waals surface area contributed by atoms with Crippen molar-refractivity contribution < 1.29 is 13.0 Å². The second kappa shape index (κ2) is 8.41. The van der Waals surface area contributed by atoms with Crippen LogP contribution in [0, 0.1) is 11.7 Å². The maximum Gasteiger partial charge on any atom is 0.417 e. The van der Waals surface area contributed by atoms with Gasteiger partial charge in [0.15, 0.2) is 5.58 Å². The van der Waals surface area contributed by atoms with Crippen LogP contribution in [-0.2, 0) is 17.2 Å². The summed E-state index contributed by atoms with van der Waals surface area (Å²) in [5.74, 6) is 0.486. The number of hydrogen-bond acceptors (Lipinski definition) is 4. The van der Waals surface area contributed by atoms with Gasteiger partial charge >= 0.3 is 5.76 Å². The van der Waals surface area contributed by atoms with E-state index in [1.165, 1.54) is 17.7 Å². The van der Waals surface area contributed by atoms with E-state index in [1.807, 2.05) is 12.1 Å².